The third kappa shape index (κ3) is 2.83. The van der Waals surface area contributed by atoms with Crippen LogP contribution in [0.3, 0.4) is 0 Å². The summed E-state index contributed by atoms with van der Waals surface area (Å²) in [6, 6.07) is 0. The van der Waals surface area contributed by atoms with Gasteiger partial charge in [0.25, 0.3) is 11.8 Å². The maximum atomic E-state index is 11.3. The summed E-state index contributed by atoms with van der Waals surface area (Å²) >= 11 is 1.34. The molecule has 2 amide bonds. The van der Waals surface area contributed by atoms with Crippen molar-refractivity contribution < 1.29 is 24.0 Å². The summed E-state index contributed by atoms with van der Waals surface area (Å²) in [7, 11) is 0. The quantitative estimate of drug-likeness (QED) is 0.605. The minimum absolute atomic E-state index is 0.0481. The van der Waals surface area contributed by atoms with Gasteiger partial charge in [-0.1, -0.05) is 5.06 Å². The molecule has 1 aromatic rings. The molecule has 0 aromatic carbocycles. The molecule has 18 heavy (non-hydrogen) atoms. The highest BCUT2D eigenvalue weighted by Gasteiger charge is 2.33. The van der Waals surface area contributed by atoms with Crippen molar-refractivity contribution in [3.8, 4) is 0 Å². The lowest BCUT2D eigenvalue weighted by atomic mass is 10.4. The molecule has 0 unspecified atom stereocenters. The maximum Gasteiger partial charge on any atom is 0.534 e. The zero-order chi connectivity index (χ0) is 13.1. The molecule has 0 aliphatic carbocycles. The van der Waals surface area contributed by atoms with Gasteiger partial charge in [0.1, 0.15) is 11.6 Å². The van der Waals surface area contributed by atoms with Crippen LogP contribution in [0.2, 0.25) is 0 Å². The number of hydrogen-bond acceptors (Lipinski definition) is 7. The number of aryl methyl sites for hydroxylation is 1. The van der Waals surface area contributed by atoms with Crippen molar-refractivity contribution in [2.45, 2.75) is 26.4 Å². The van der Waals surface area contributed by atoms with Crippen LogP contribution in [-0.2, 0) is 25.8 Å². The SMILES string of the molecule is Cc1csc(COC(=O)ON2C(=O)CCC2=O)n1. The van der Waals surface area contributed by atoms with Gasteiger partial charge in [-0.2, -0.15) is 0 Å². The van der Waals surface area contributed by atoms with Crippen LogP contribution < -0.4 is 0 Å². The van der Waals surface area contributed by atoms with Crippen LogP contribution in [0.25, 0.3) is 0 Å². The van der Waals surface area contributed by atoms with Gasteiger partial charge in [0.15, 0.2) is 0 Å². The van der Waals surface area contributed by atoms with Gasteiger partial charge in [0, 0.05) is 23.9 Å². The summed E-state index contributed by atoms with van der Waals surface area (Å²) < 4.78 is 4.74. The third-order valence-electron chi connectivity index (χ3n) is 2.15. The highest BCUT2D eigenvalue weighted by molar-refractivity contribution is 7.09. The number of nitrogens with zero attached hydrogens (tertiary/aromatic N) is 2. The monoisotopic (exact) mass is 270 g/mol. The molecule has 96 valence electrons. The lowest BCUT2D eigenvalue weighted by molar-refractivity contribution is -0.177. The molecule has 8 heteroatoms. The molecule has 1 aliphatic rings. The largest absolute Gasteiger partial charge is 0.534 e. The fourth-order valence-electron chi connectivity index (χ4n) is 1.35. The van der Waals surface area contributed by atoms with Crippen molar-refractivity contribution in [2.24, 2.45) is 0 Å². The predicted molar refractivity (Wildman–Crippen MR) is 59.2 cm³/mol. The van der Waals surface area contributed by atoms with Crippen LogP contribution in [0.15, 0.2) is 5.38 Å². The van der Waals surface area contributed by atoms with Gasteiger partial charge in [-0.15, -0.1) is 11.3 Å². The van der Waals surface area contributed by atoms with Gasteiger partial charge in [0.05, 0.1) is 0 Å². The lowest BCUT2D eigenvalue weighted by Gasteiger charge is -2.11. The number of aromatic nitrogens is 1. The van der Waals surface area contributed by atoms with E-state index in [1.807, 2.05) is 12.3 Å². The van der Waals surface area contributed by atoms with Crippen molar-refractivity contribution in [1.82, 2.24) is 10.0 Å². The van der Waals surface area contributed by atoms with Crippen LogP contribution in [0.5, 0.6) is 0 Å². The fraction of sp³-hybridized carbons (Fsp3) is 0.400. The van der Waals surface area contributed by atoms with E-state index in [0.29, 0.717) is 10.1 Å². The average Bonchev–Trinajstić information content (AvgIpc) is 2.87. The molecule has 7 nitrogen and oxygen atoms in total. The third-order valence-corrected chi connectivity index (χ3v) is 3.09. The number of hydrogen-bond donors (Lipinski definition) is 0. The summed E-state index contributed by atoms with van der Waals surface area (Å²) in [6.45, 7) is 1.77. The van der Waals surface area contributed by atoms with E-state index < -0.39 is 18.0 Å². The molecule has 1 fully saturated rings. The first kappa shape index (κ1) is 12.5. The fourth-order valence-corrected chi connectivity index (χ4v) is 2.03. The van der Waals surface area contributed by atoms with Crippen molar-refractivity contribution in [3.05, 3.63) is 16.1 Å². The zero-order valence-electron chi connectivity index (χ0n) is 9.54. The average molecular weight is 270 g/mol. The molecule has 0 saturated carbocycles. The normalized spacial score (nSPS) is 15.1. The van der Waals surface area contributed by atoms with E-state index in [-0.39, 0.29) is 19.4 Å². The Morgan fingerprint density at radius 1 is 1.44 bits per heavy atom. The molecule has 1 saturated heterocycles. The van der Waals surface area contributed by atoms with Crippen LogP contribution in [-0.4, -0.2) is 28.0 Å². The van der Waals surface area contributed by atoms with Gasteiger partial charge in [-0.3, -0.25) is 14.4 Å². The maximum absolute atomic E-state index is 11.3. The van der Waals surface area contributed by atoms with E-state index in [9.17, 15) is 14.4 Å². The molecule has 1 aliphatic heterocycles. The van der Waals surface area contributed by atoms with E-state index in [0.717, 1.165) is 5.69 Å². The Bertz CT molecular complexity index is 482. The molecule has 1 aromatic heterocycles. The Morgan fingerprint density at radius 3 is 2.67 bits per heavy atom. The Kier molecular flexibility index (Phi) is 3.56. The second-order valence-corrected chi connectivity index (χ2v) is 4.54. The van der Waals surface area contributed by atoms with Crippen molar-refractivity contribution in [1.29, 1.82) is 0 Å². The van der Waals surface area contributed by atoms with Crippen LogP contribution in [0.1, 0.15) is 23.5 Å². The van der Waals surface area contributed by atoms with E-state index in [1.165, 1.54) is 11.3 Å². The number of carbonyl (C=O) groups excluding carboxylic acids is 3. The number of hydroxylamine groups is 2. The number of carbonyl (C=O) groups is 3. The van der Waals surface area contributed by atoms with Crippen molar-refractivity contribution in [3.63, 3.8) is 0 Å². The second-order valence-electron chi connectivity index (χ2n) is 3.59. The molecule has 2 rings (SSSR count). The van der Waals surface area contributed by atoms with Gasteiger partial charge in [-0.25, -0.2) is 9.78 Å². The molecular formula is C10H10N2O5S. The Morgan fingerprint density at radius 2 is 2.11 bits per heavy atom. The standard InChI is InChI=1S/C10H10N2O5S/c1-6-5-18-7(11-6)4-16-10(15)17-12-8(13)2-3-9(12)14/h5H,2-4H2,1H3. The minimum Gasteiger partial charge on any atom is -0.425 e. The van der Waals surface area contributed by atoms with E-state index in [4.69, 9.17) is 4.74 Å². The van der Waals surface area contributed by atoms with E-state index >= 15 is 0 Å². The van der Waals surface area contributed by atoms with E-state index in [1.54, 1.807) is 0 Å². The number of amides is 2. The van der Waals surface area contributed by atoms with Crippen molar-refractivity contribution in [2.75, 3.05) is 0 Å². The highest BCUT2D eigenvalue weighted by atomic mass is 32.1. The summed E-state index contributed by atoms with van der Waals surface area (Å²) in [6.07, 6.45) is -0.985. The summed E-state index contributed by atoms with van der Waals surface area (Å²) in [5.74, 6) is -1.08. The van der Waals surface area contributed by atoms with E-state index in [2.05, 4.69) is 9.82 Å². The van der Waals surface area contributed by atoms with Gasteiger partial charge < -0.3 is 4.74 Å². The smallest absolute Gasteiger partial charge is 0.425 e. The Balaban J connectivity index is 1.82. The van der Waals surface area contributed by atoms with Gasteiger partial charge in [0.2, 0.25) is 0 Å². The highest BCUT2D eigenvalue weighted by Crippen LogP contribution is 2.14. The number of thiazole rings is 1. The summed E-state index contributed by atoms with van der Waals surface area (Å²) in [5, 5.41) is 2.87. The first-order valence-corrected chi connectivity index (χ1v) is 6.06. The molecule has 0 N–H and O–H groups in total. The molecule has 0 bridgehead atoms. The van der Waals surface area contributed by atoms with Crippen LogP contribution in [0, 0.1) is 6.92 Å². The van der Waals surface area contributed by atoms with Gasteiger partial charge >= 0.3 is 6.16 Å². The predicted octanol–water partition coefficient (Wildman–Crippen LogP) is 1.17. The topological polar surface area (TPSA) is 85.8 Å². The Hall–Kier alpha value is -1.96. The summed E-state index contributed by atoms with van der Waals surface area (Å²) in [5.41, 5.74) is 0.830. The Labute approximate surface area is 106 Å². The minimum atomic E-state index is -1.09. The number of rotatable bonds is 3. The van der Waals surface area contributed by atoms with Crippen LogP contribution >= 0.6 is 11.3 Å². The first-order valence-electron chi connectivity index (χ1n) is 5.18. The number of ether oxygens (including phenoxy) is 1. The molecule has 0 spiro atoms. The molecule has 0 atom stereocenters. The lowest BCUT2D eigenvalue weighted by Crippen LogP contribution is -2.32. The van der Waals surface area contributed by atoms with Crippen LogP contribution in [0.4, 0.5) is 4.79 Å². The van der Waals surface area contributed by atoms with Gasteiger partial charge in [-0.05, 0) is 6.92 Å². The molecular weight excluding hydrogens is 260 g/mol. The summed E-state index contributed by atoms with van der Waals surface area (Å²) in [4.78, 5) is 42.2. The zero-order valence-corrected chi connectivity index (χ0v) is 10.4. The molecule has 0 radical (unpaired) electrons. The first-order chi connectivity index (χ1) is 8.56. The second kappa shape index (κ2) is 5.13. The molecule has 2 heterocycles. The van der Waals surface area contributed by atoms with Crippen molar-refractivity contribution >= 4 is 29.3 Å². The number of imide groups is 1.